The SMILES string of the molecule is Cc1ccc(Nc2nc(-c3ccccc3)c([N+](=O)[O-])c(-c3ccccc3)n2)cc1. The van der Waals surface area contributed by atoms with Crippen LogP contribution in [0, 0.1) is 17.0 Å². The van der Waals surface area contributed by atoms with Gasteiger partial charge < -0.3 is 5.32 Å². The van der Waals surface area contributed by atoms with E-state index < -0.39 is 4.92 Å². The van der Waals surface area contributed by atoms with Gasteiger partial charge >= 0.3 is 5.69 Å². The standard InChI is InChI=1S/C23H18N4O2/c1-16-12-14-19(15-13-16)24-23-25-20(17-8-4-2-5-9-17)22(27(28)29)21(26-23)18-10-6-3-7-11-18/h2-15H,1H3,(H,24,25,26). The molecule has 0 fully saturated rings. The number of hydrogen-bond donors (Lipinski definition) is 1. The zero-order valence-electron chi connectivity index (χ0n) is 15.7. The maximum absolute atomic E-state index is 12.0. The molecule has 0 radical (unpaired) electrons. The van der Waals surface area contributed by atoms with Gasteiger partial charge in [-0.05, 0) is 19.1 Å². The molecule has 142 valence electrons. The fourth-order valence-electron chi connectivity index (χ4n) is 3.04. The lowest BCUT2D eigenvalue weighted by molar-refractivity contribution is -0.383. The van der Waals surface area contributed by atoms with Crippen LogP contribution in [-0.4, -0.2) is 14.9 Å². The minimum absolute atomic E-state index is 0.114. The summed E-state index contributed by atoms with van der Waals surface area (Å²) < 4.78 is 0. The van der Waals surface area contributed by atoms with Crippen molar-refractivity contribution in [1.29, 1.82) is 0 Å². The van der Waals surface area contributed by atoms with E-state index in [9.17, 15) is 10.1 Å². The number of nitrogens with one attached hydrogen (secondary N) is 1. The van der Waals surface area contributed by atoms with Crippen LogP contribution in [0.25, 0.3) is 22.5 Å². The van der Waals surface area contributed by atoms with Gasteiger partial charge in [0.15, 0.2) is 11.4 Å². The van der Waals surface area contributed by atoms with Crippen LogP contribution >= 0.6 is 0 Å². The molecule has 0 atom stereocenters. The van der Waals surface area contributed by atoms with Gasteiger partial charge in [0.2, 0.25) is 5.95 Å². The lowest BCUT2D eigenvalue weighted by Crippen LogP contribution is -2.05. The Labute approximate surface area is 168 Å². The van der Waals surface area contributed by atoms with Crippen LogP contribution in [0.5, 0.6) is 0 Å². The average molecular weight is 382 g/mol. The summed E-state index contributed by atoms with van der Waals surface area (Å²) in [5.74, 6) is 0.303. The van der Waals surface area contributed by atoms with E-state index in [-0.39, 0.29) is 17.1 Å². The molecule has 1 N–H and O–H groups in total. The van der Waals surface area contributed by atoms with Crippen molar-refractivity contribution in [3.8, 4) is 22.5 Å². The summed E-state index contributed by atoms with van der Waals surface area (Å²) >= 11 is 0. The van der Waals surface area contributed by atoms with Gasteiger partial charge in [-0.1, -0.05) is 78.4 Å². The van der Waals surface area contributed by atoms with E-state index in [0.29, 0.717) is 17.1 Å². The normalized spacial score (nSPS) is 10.5. The van der Waals surface area contributed by atoms with Crippen molar-refractivity contribution in [2.75, 3.05) is 5.32 Å². The van der Waals surface area contributed by atoms with E-state index in [1.54, 1.807) is 24.3 Å². The third-order valence-corrected chi connectivity index (χ3v) is 4.47. The Balaban J connectivity index is 1.93. The summed E-state index contributed by atoms with van der Waals surface area (Å²) in [7, 11) is 0. The highest BCUT2D eigenvalue weighted by atomic mass is 16.6. The van der Waals surface area contributed by atoms with Crippen molar-refractivity contribution < 1.29 is 4.92 Å². The summed E-state index contributed by atoms with van der Waals surface area (Å²) in [5.41, 5.74) is 3.70. The summed E-state index contributed by atoms with van der Waals surface area (Å²) in [6.45, 7) is 2.01. The number of rotatable bonds is 5. The Morgan fingerprint density at radius 2 is 1.24 bits per heavy atom. The number of benzene rings is 3. The van der Waals surface area contributed by atoms with Crippen LogP contribution in [-0.2, 0) is 0 Å². The summed E-state index contributed by atoms with van der Waals surface area (Å²) in [5, 5.41) is 15.2. The molecule has 1 heterocycles. The van der Waals surface area contributed by atoms with Crippen LogP contribution in [0.1, 0.15) is 5.56 Å². The first kappa shape index (κ1) is 18.3. The highest BCUT2D eigenvalue weighted by Gasteiger charge is 2.26. The molecule has 4 rings (SSSR count). The minimum atomic E-state index is -0.416. The first-order valence-corrected chi connectivity index (χ1v) is 9.13. The summed E-state index contributed by atoms with van der Waals surface area (Å²) in [4.78, 5) is 20.6. The Morgan fingerprint density at radius 3 is 1.69 bits per heavy atom. The van der Waals surface area contributed by atoms with Crippen molar-refractivity contribution in [3.63, 3.8) is 0 Å². The maximum atomic E-state index is 12.0. The van der Waals surface area contributed by atoms with Gasteiger partial charge in [0.1, 0.15) is 0 Å². The lowest BCUT2D eigenvalue weighted by Gasteiger charge is -2.12. The van der Waals surface area contributed by atoms with Gasteiger partial charge in [-0.3, -0.25) is 10.1 Å². The molecule has 0 aliphatic carbocycles. The fraction of sp³-hybridized carbons (Fsp3) is 0.0435. The van der Waals surface area contributed by atoms with E-state index in [1.807, 2.05) is 67.6 Å². The number of aryl methyl sites for hydroxylation is 1. The molecule has 1 aromatic heterocycles. The molecule has 6 heteroatoms. The average Bonchev–Trinajstić information content (AvgIpc) is 2.76. The van der Waals surface area contributed by atoms with Crippen molar-refractivity contribution in [2.45, 2.75) is 6.92 Å². The second kappa shape index (κ2) is 7.90. The maximum Gasteiger partial charge on any atom is 0.321 e. The Hall–Kier alpha value is -4.06. The van der Waals surface area contributed by atoms with Crippen molar-refractivity contribution in [2.24, 2.45) is 0 Å². The van der Waals surface area contributed by atoms with Gasteiger partial charge in [0, 0.05) is 16.8 Å². The van der Waals surface area contributed by atoms with Crippen molar-refractivity contribution >= 4 is 17.3 Å². The minimum Gasteiger partial charge on any atom is -0.324 e. The van der Waals surface area contributed by atoms with Crippen LogP contribution in [0.3, 0.4) is 0 Å². The van der Waals surface area contributed by atoms with Crippen LogP contribution < -0.4 is 5.32 Å². The molecule has 29 heavy (non-hydrogen) atoms. The van der Waals surface area contributed by atoms with E-state index in [0.717, 1.165) is 11.3 Å². The van der Waals surface area contributed by atoms with Gasteiger partial charge in [-0.15, -0.1) is 0 Å². The van der Waals surface area contributed by atoms with Gasteiger partial charge in [0.25, 0.3) is 0 Å². The number of aromatic nitrogens is 2. The lowest BCUT2D eigenvalue weighted by atomic mass is 10.0. The van der Waals surface area contributed by atoms with Crippen LogP contribution in [0.4, 0.5) is 17.3 Å². The fourth-order valence-corrected chi connectivity index (χ4v) is 3.04. The van der Waals surface area contributed by atoms with E-state index in [2.05, 4.69) is 15.3 Å². The molecule has 0 saturated heterocycles. The summed E-state index contributed by atoms with van der Waals surface area (Å²) in [6, 6.07) is 26.1. The van der Waals surface area contributed by atoms with E-state index >= 15 is 0 Å². The first-order chi connectivity index (χ1) is 14.1. The zero-order chi connectivity index (χ0) is 20.2. The topological polar surface area (TPSA) is 81.0 Å². The van der Waals surface area contributed by atoms with Gasteiger partial charge in [-0.2, -0.15) is 0 Å². The largest absolute Gasteiger partial charge is 0.324 e. The number of anilines is 2. The van der Waals surface area contributed by atoms with Crippen molar-refractivity contribution in [1.82, 2.24) is 9.97 Å². The molecule has 0 amide bonds. The second-order valence-corrected chi connectivity index (χ2v) is 6.57. The second-order valence-electron chi connectivity index (χ2n) is 6.57. The number of hydrogen-bond acceptors (Lipinski definition) is 5. The highest BCUT2D eigenvalue weighted by molar-refractivity contribution is 5.82. The third kappa shape index (κ3) is 3.96. The molecule has 0 spiro atoms. The van der Waals surface area contributed by atoms with Crippen molar-refractivity contribution in [3.05, 3.63) is 101 Å². The van der Waals surface area contributed by atoms with Gasteiger partial charge in [0.05, 0.1) is 4.92 Å². The number of nitro groups is 1. The van der Waals surface area contributed by atoms with Gasteiger partial charge in [-0.25, -0.2) is 9.97 Å². The monoisotopic (exact) mass is 382 g/mol. The molecule has 4 aromatic rings. The molecular formula is C23H18N4O2. The molecule has 0 unspecified atom stereocenters. The van der Waals surface area contributed by atoms with Crippen LogP contribution in [0.2, 0.25) is 0 Å². The zero-order valence-corrected chi connectivity index (χ0v) is 15.7. The first-order valence-electron chi connectivity index (χ1n) is 9.13. The van der Waals surface area contributed by atoms with Crippen LogP contribution in [0.15, 0.2) is 84.9 Å². The molecule has 3 aromatic carbocycles. The quantitative estimate of drug-likeness (QED) is 0.350. The number of nitrogens with zero attached hydrogens (tertiary/aromatic N) is 3. The summed E-state index contributed by atoms with van der Waals surface area (Å²) in [6.07, 6.45) is 0. The predicted molar refractivity (Wildman–Crippen MR) is 114 cm³/mol. The third-order valence-electron chi connectivity index (χ3n) is 4.47. The highest BCUT2D eigenvalue weighted by Crippen LogP contribution is 2.37. The molecule has 0 aliphatic rings. The van der Waals surface area contributed by atoms with E-state index in [4.69, 9.17) is 0 Å². The Bertz CT molecular complexity index is 1080. The predicted octanol–water partition coefficient (Wildman–Crippen LogP) is 5.77. The molecule has 0 bridgehead atoms. The molecular weight excluding hydrogens is 364 g/mol. The molecule has 0 saturated carbocycles. The molecule has 6 nitrogen and oxygen atoms in total. The Morgan fingerprint density at radius 1 is 0.759 bits per heavy atom. The van der Waals surface area contributed by atoms with E-state index in [1.165, 1.54) is 0 Å². The molecule has 0 aliphatic heterocycles. The Kier molecular flexibility index (Phi) is 4.99. The smallest absolute Gasteiger partial charge is 0.321 e.